The summed E-state index contributed by atoms with van der Waals surface area (Å²) >= 11 is 5.88. The predicted molar refractivity (Wildman–Crippen MR) is 66.2 cm³/mol. The molecule has 0 aliphatic rings. The maximum atomic E-state index is 11.6. The van der Waals surface area contributed by atoms with Crippen molar-refractivity contribution >= 4 is 17.5 Å². The highest BCUT2D eigenvalue weighted by atomic mass is 35.5. The highest BCUT2D eigenvalue weighted by molar-refractivity contribution is 6.30. The van der Waals surface area contributed by atoms with Crippen LogP contribution >= 0.6 is 11.6 Å². The number of benzene rings is 1. The molecule has 0 aliphatic heterocycles. The first-order valence-electron chi connectivity index (χ1n) is 5.30. The zero-order valence-electron chi connectivity index (χ0n) is 9.53. The van der Waals surface area contributed by atoms with Crippen LogP contribution in [0.3, 0.4) is 0 Å². The fourth-order valence-electron chi connectivity index (χ4n) is 1.32. The van der Waals surface area contributed by atoms with E-state index in [1.54, 1.807) is 6.92 Å². The van der Waals surface area contributed by atoms with Crippen LogP contribution in [0.25, 0.3) is 0 Å². The standard InChI is InChI=1S/C12H17ClN2O/c1-8(7-14)12(16)15-9(2)10-4-3-5-11(13)6-10/h3-6,8-9H,7,14H2,1-2H3,(H,15,16)/t8?,9-/m0/s1. The first-order chi connectivity index (χ1) is 7.54. The highest BCUT2D eigenvalue weighted by Gasteiger charge is 2.14. The molecular formula is C12H17ClN2O. The van der Waals surface area contributed by atoms with E-state index in [0.29, 0.717) is 11.6 Å². The number of carbonyl (C=O) groups is 1. The molecule has 0 aliphatic carbocycles. The van der Waals surface area contributed by atoms with Crippen LogP contribution in [0, 0.1) is 5.92 Å². The van der Waals surface area contributed by atoms with Crippen LogP contribution in [0.2, 0.25) is 5.02 Å². The van der Waals surface area contributed by atoms with E-state index in [4.69, 9.17) is 17.3 Å². The van der Waals surface area contributed by atoms with Gasteiger partial charge >= 0.3 is 0 Å². The van der Waals surface area contributed by atoms with E-state index in [9.17, 15) is 4.79 Å². The number of nitrogens with two attached hydrogens (primary N) is 1. The van der Waals surface area contributed by atoms with E-state index in [2.05, 4.69) is 5.32 Å². The van der Waals surface area contributed by atoms with Gasteiger partial charge in [-0.15, -0.1) is 0 Å². The van der Waals surface area contributed by atoms with Gasteiger partial charge in [0, 0.05) is 17.5 Å². The summed E-state index contributed by atoms with van der Waals surface area (Å²) in [4.78, 5) is 11.6. The average molecular weight is 241 g/mol. The molecule has 16 heavy (non-hydrogen) atoms. The summed E-state index contributed by atoms with van der Waals surface area (Å²) in [6.45, 7) is 4.08. The molecule has 1 rings (SSSR count). The second-order valence-electron chi connectivity index (χ2n) is 3.92. The highest BCUT2D eigenvalue weighted by Crippen LogP contribution is 2.17. The Morgan fingerprint density at radius 2 is 2.19 bits per heavy atom. The molecule has 0 spiro atoms. The lowest BCUT2D eigenvalue weighted by Gasteiger charge is -2.17. The van der Waals surface area contributed by atoms with Gasteiger partial charge < -0.3 is 11.1 Å². The fraction of sp³-hybridized carbons (Fsp3) is 0.417. The second-order valence-corrected chi connectivity index (χ2v) is 4.36. The number of carbonyl (C=O) groups excluding carboxylic acids is 1. The summed E-state index contributed by atoms with van der Waals surface area (Å²) in [7, 11) is 0. The summed E-state index contributed by atoms with van der Waals surface area (Å²) in [6, 6.07) is 7.40. The van der Waals surface area contributed by atoms with E-state index >= 15 is 0 Å². The topological polar surface area (TPSA) is 55.1 Å². The van der Waals surface area contributed by atoms with Gasteiger partial charge in [0.05, 0.1) is 6.04 Å². The van der Waals surface area contributed by atoms with E-state index in [1.807, 2.05) is 31.2 Å². The number of nitrogens with one attached hydrogen (secondary N) is 1. The smallest absolute Gasteiger partial charge is 0.224 e. The third kappa shape index (κ3) is 3.51. The maximum absolute atomic E-state index is 11.6. The zero-order valence-corrected chi connectivity index (χ0v) is 10.3. The fourth-order valence-corrected chi connectivity index (χ4v) is 1.52. The van der Waals surface area contributed by atoms with Crippen LogP contribution in [-0.2, 0) is 4.79 Å². The molecule has 1 aromatic carbocycles. The predicted octanol–water partition coefficient (Wildman–Crippen LogP) is 2.11. The molecule has 0 aromatic heterocycles. The molecule has 1 amide bonds. The lowest BCUT2D eigenvalue weighted by Crippen LogP contribution is -2.34. The minimum absolute atomic E-state index is 0.0324. The summed E-state index contributed by atoms with van der Waals surface area (Å²) < 4.78 is 0. The average Bonchev–Trinajstić information content (AvgIpc) is 2.27. The normalized spacial score (nSPS) is 14.2. The van der Waals surface area contributed by atoms with Crippen molar-refractivity contribution in [2.24, 2.45) is 11.7 Å². The Labute approximate surface area is 101 Å². The van der Waals surface area contributed by atoms with Crippen LogP contribution in [0.1, 0.15) is 25.5 Å². The van der Waals surface area contributed by atoms with Crippen molar-refractivity contribution in [2.75, 3.05) is 6.54 Å². The Hall–Kier alpha value is -1.06. The van der Waals surface area contributed by atoms with Crippen LogP contribution in [0.15, 0.2) is 24.3 Å². The first-order valence-corrected chi connectivity index (χ1v) is 5.68. The minimum Gasteiger partial charge on any atom is -0.349 e. The molecule has 3 N–H and O–H groups in total. The first kappa shape index (κ1) is 13.0. The molecule has 2 atom stereocenters. The molecule has 1 unspecified atom stereocenters. The molecule has 88 valence electrons. The zero-order chi connectivity index (χ0) is 12.1. The number of halogens is 1. The number of rotatable bonds is 4. The summed E-state index contributed by atoms with van der Waals surface area (Å²) in [5.74, 6) is -0.198. The van der Waals surface area contributed by atoms with Gasteiger partial charge in [-0.05, 0) is 24.6 Å². The van der Waals surface area contributed by atoms with Crippen molar-refractivity contribution < 1.29 is 4.79 Å². The van der Waals surface area contributed by atoms with Crippen molar-refractivity contribution in [3.63, 3.8) is 0 Å². The SMILES string of the molecule is CC(CN)C(=O)N[C@@H](C)c1cccc(Cl)c1. The minimum atomic E-state index is -0.165. The lowest BCUT2D eigenvalue weighted by atomic mass is 10.1. The van der Waals surface area contributed by atoms with Gasteiger partial charge in [0.1, 0.15) is 0 Å². The number of hydrogen-bond donors (Lipinski definition) is 2. The molecule has 3 nitrogen and oxygen atoms in total. The van der Waals surface area contributed by atoms with E-state index in [1.165, 1.54) is 0 Å². The number of amides is 1. The number of hydrogen-bond acceptors (Lipinski definition) is 2. The molecule has 0 radical (unpaired) electrons. The van der Waals surface area contributed by atoms with E-state index < -0.39 is 0 Å². The third-order valence-electron chi connectivity index (χ3n) is 2.51. The second kappa shape index (κ2) is 5.87. The summed E-state index contributed by atoms with van der Waals surface area (Å²) in [5.41, 5.74) is 6.42. The summed E-state index contributed by atoms with van der Waals surface area (Å²) in [5, 5.41) is 3.57. The molecule has 0 heterocycles. The van der Waals surface area contributed by atoms with Crippen molar-refractivity contribution in [1.82, 2.24) is 5.32 Å². The van der Waals surface area contributed by atoms with E-state index in [-0.39, 0.29) is 17.9 Å². The van der Waals surface area contributed by atoms with Crippen LogP contribution in [-0.4, -0.2) is 12.5 Å². The maximum Gasteiger partial charge on any atom is 0.224 e. The quantitative estimate of drug-likeness (QED) is 0.847. The molecule has 0 fully saturated rings. The Balaban J connectivity index is 2.65. The van der Waals surface area contributed by atoms with Crippen molar-refractivity contribution in [3.05, 3.63) is 34.9 Å². The Bertz CT molecular complexity index is 368. The van der Waals surface area contributed by atoms with Gasteiger partial charge in [-0.25, -0.2) is 0 Å². The van der Waals surface area contributed by atoms with Gasteiger partial charge in [0.25, 0.3) is 0 Å². The van der Waals surface area contributed by atoms with Crippen LogP contribution < -0.4 is 11.1 Å². The van der Waals surface area contributed by atoms with Gasteiger partial charge in [-0.3, -0.25) is 4.79 Å². The largest absolute Gasteiger partial charge is 0.349 e. The van der Waals surface area contributed by atoms with Crippen LogP contribution in [0.4, 0.5) is 0 Å². The third-order valence-corrected chi connectivity index (χ3v) is 2.74. The van der Waals surface area contributed by atoms with Crippen molar-refractivity contribution in [3.8, 4) is 0 Å². The summed E-state index contributed by atoms with van der Waals surface area (Å²) in [6.07, 6.45) is 0. The Morgan fingerprint density at radius 3 is 2.75 bits per heavy atom. The Morgan fingerprint density at radius 1 is 1.50 bits per heavy atom. The van der Waals surface area contributed by atoms with Gasteiger partial charge in [0.15, 0.2) is 0 Å². The lowest BCUT2D eigenvalue weighted by molar-refractivity contribution is -0.124. The monoisotopic (exact) mass is 240 g/mol. The van der Waals surface area contributed by atoms with Crippen LogP contribution in [0.5, 0.6) is 0 Å². The van der Waals surface area contributed by atoms with E-state index in [0.717, 1.165) is 5.56 Å². The van der Waals surface area contributed by atoms with Gasteiger partial charge in [-0.1, -0.05) is 30.7 Å². The molecular weight excluding hydrogens is 224 g/mol. The molecule has 1 aromatic rings. The van der Waals surface area contributed by atoms with Gasteiger partial charge in [0.2, 0.25) is 5.91 Å². The van der Waals surface area contributed by atoms with Crippen molar-refractivity contribution in [2.45, 2.75) is 19.9 Å². The molecule has 0 saturated heterocycles. The molecule has 0 bridgehead atoms. The molecule has 0 saturated carbocycles. The Kier molecular flexibility index (Phi) is 4.77. The van der Waals surface area contributed by atoms with Gasteiger partial charge in [-0.2, -0.15) is 0 Å². The molecule has 4 heteroatoms. The van der Waals surface area contributed by atoms with Crippen molar-refractivity contribution in [1.29, 1.82) is 0 Å².